The number of carboxylic acids is 4. The Morgan fingerprint density at radius 3 is 0.964 bits per heavy atom. The second kappa shape index (κ2) is 21.9. The van der Waals surface area contributed by atoms with Crippen LogP contribution in [0.2, 0.25) is 0 Å². The Morgan fingerprint density at radius 2 is 0.786 bits per heavy atom. The molecule has 0 bridgehead atoms. The van der Waals surface area contributed by atoms with Crippen LogP contribution in [0, 0.1) is 0 Å². The van der Waals surface area contributed by atoms with E-state index < -0.39 is 62.1 Å². The van der Waals surface area contributed by atoms with Gasteiger partial charge in [-0.25, -0.2) is 0 Å². The molecule has 10 nitrogen and oxygen atoms in total. The van der Waals surface area contributed by atoms with Crippen LogP contribution >= 0.6 is 0 Å². The Balaban J connectivity index is -0.000000720. The van der Waals surface area contributed by atoms with Gasteiger partial charge in [-0.15, -0.1) is 0 Å². The first-order chi connectivity index (χ1) is 11.2. The van der Waals surface area contributed by atoms with Crippen molar-refractivity contribution in [1.82, 2.24) is 9.80 Å². The Kier molecular flexibility index (Phi) is 30.9. The van der Waals surface area contributed by atoms with Crippen LogP contribution in [0.25, 0.3) is 0 Å². The molecule has 0 aromatic carbocycles. The average Bonchev–Trinajstić information content (AvgIpc) is 2.44. The van der Waals surface area contributed by atoms with Crippen molar-refractivity contribution in [2.45, 2.75) is 37.8 Å². The van der Waals surface area contributed by atoms with Crippen LogP contribution in [0.15, 0.2) is 0 Å². The molecule has 0 spiro atoms. The summed E-state index contributed by atoms with van der Waals surface area (Å²) in [5, 5.41) is 43.5. The largest absolute Gasteiger partial charge is 1.00 e. The van der Waals surface area contributed by atoms with E-state index >= 15 is 0 Å². The smallest absolute Gasteiger partial charge is 0.549 e. The van der Waals surface area contributed by atoms with Crippen molar-refractivity contribution >= 4 is 23.9 Å². The third-order valence-electron chi connectivity index (χ3n) is 3.96. The first kappa shape index (κ1) is 39.6. The normalized spacial score (nSPS) is 17.9. The van der Waals surface area contributed by atoms with E-state index in [4.69, 9.17) is 0 Å². The maximum absolute atomic E-state index is 10.9. The quantitative estimate of drug-likeness (QED) is 0.264. The summed E-state index contributed by atoms with van der Waals surface area (Å²) >= 11 is 0. The summed E-state index contributed by atoms with van der Waals surface area (Å²) in [6, 6.07) is -1.32. The Morgan fingerprint density at radius 1 is 0.571 bits per heavy atom. The van der Waals surface area contributed by atoms with Crippen LogP contribution in [0.3, 0.4) is 0 Å². The van der Waals surface area contributed by atoms with E-state index in [-0.39, 0.29) is 206 Å². The predicted octanol–water partition coefficient (Wildman–Crippen LogP) is -18.1. The first-order valence-electron chi connectivity index (χ1n) is 7.48. The van der Waals surface area contributed by atoms with Crippen molar-refractivity contribution in [3.05, 3.63) is 0 Å². The molecule has 0 aromatic heterocycles. The number of hydrogen-bond donors (Lipinski definition) is 0. The zero-order valence-electron chi connectivity index (χ0n) is 17.0. The number of carbonyl (C=O) groups is 4. The number of nitrogens with zero attached hydrogens (tertiary/aromatic N) is 2. The fraction of sp³-hybridized carbons (Fsp3) is 0.714. The van der Waals surface area contributed by atoms with Gasteiger partial charge in [0.25, 0.3) is 0 Å². The molecular weight excluding hydrogens is 481 g/mol. The fourth-order valence-corrected chi connectivity index (χ4v) is 3.19. The van der Waals surface area contributed by atoms with Crippen LogP contribution < -0.4 is 226 Å². The van der Waals surface area contributed by atoms with Gasteiger partial charge in [0.2, 0.25) is 0 Å². The maximum Gasteiger partial charge on any atom is 1.00 e. The molecule has 136 valence electrons. The van der Waals surface area contributed by atoms with E-state index in [0.29, 0.717) is 25.7 Å². The monoisotopic (exact) mass is 498 g/mol. The molecule has 2 atom stereocenters. The molecule has 0 amide bonds. The van der Waals surface area contributed by atoms with Crippen molar-refractivity contribution in [3.8, 4) is 0 Å². The standard InChI is InChI=1S/C14H22N2O8.4K/c17-11(18)5-15(6-12(19)20)9-3-1-2-4-10(9)16(7-13(21)22)8-14(23)24;;;;/h9-10H,1-8H2,(H,17,18)(H,19,20)(H,21,22)(H,23,24);;;;/q;4*+1/p-4. The Hall–Kier alpha value is 4.35. The third kappa shape index (κ3) is 16.9. The van der Waals surface area contributed by atoms with Gasteiger partial charge in [-0.05, 0) is 12.8 Å². The van der Waals surface area contributed by atoms with Gasteiger partial charge in [0, 0.05) is 38.3 Å². The van der Waals surface area contributed by atoms with E-state index in [2.05, 4.69) is 0 Å². The molecule has 0 N–H and O–H groups in total. The first-order valence-corrected chi connectivity index (χ1v) is 7.48. The molecule has 0 aromatic rings. The zero-order chi connectivity index (χ0) is 18.3. The zero-order valence-corrected chi connectivity index (χ0v) is 29.5. The minimum absolute atomic E-state index is 0. The molecule has 1 aliphatic rings. The Bertz CT molecular complexity index is 436. The Labute approximate surface area is 334 Å². The molecular formula is C14H18K4N2O8. The molecule has 28 heavy (non-hydrogen) atoms. The van der Waals surface area contributed by atoms with E-state index in [0.717, 1.165) is 9.80 Å². The summed E-state index contributed by atoms with van der Waals surface area (Å²) < 4.78 is 0. The molecule has 1 saturated carbocycles. The number of rotatable bonds is 10. The summed E-state index contributed by atoms with van der Waals surface area (Å²) in [6.07, 6.45) is 2.12. The van der Waals surface area contributed by atoms with Crippen LogP contribution in [0.1, 0.15) is 25.7 Å². The van der Waals surface area contributed by atoms with E-state index in [1.807, 2.05) is 0 Å². The van der Waals surface area contributed by atoms with E-state index in [9.17, 15) is 39.6 Å². The van der Waals surface area contributed by atoms with Crippen molar-refractivity contribution in [1.29, 1.82) is 0 Å². The summed E-state index contributed by atoms with van der Waals surface area (Å²) in [6.45, 7) is -2.72. The molecule has 0 heterocycles. The third-order valence-corrected chi connectivity index (χ3v) is 3.96. The van der Waals surface area contributed by atoms with Crippen LogP contribution in [0.5, 0.6) is 0 Å². The van der Waals surface area contributed by atoms with Gasteiger partial charge in [-0.3, -0.25) is 9.80 Å². The van der Waals surface area contributed by atoms with Gasteiger partial charge >= 0.3 is 206 Å². The second-order valence-corrected chi connectivity index (χ2v) is 5.72. The molecule has 2 unspecified atom stereocenters. The van der Waals surface area contributed by atoms with Crippen LogP contribution in [-0.4, -0.2) is 71.9 Å². The molecule has 0 radical (unpaired) electrons. The number of carbonyl (C=O) groups excluding carboxylic acids is 4. The summed E-state index contributed by atoms with van der Waals surface area (Å²) in [4.78, 5) is 45.7. The number of hydrogen-bond acceptors (Lipinski definition) is 10. The molecule has 0 aliphatic heterocycles. The van der Waals surface area contributed by atoms with Gasteiger partial charge in [0.05, 0.1) is 23.9 Å². The fourth-order valence-electron chi connectivity index (χ4n) is 3.19. The maximum atomic E-state index is 10.9. The molecule has 14 heteroatoms. The predicted molar refractivity (Wildman–Crippen MR) is 69.2 cm³/mol. The van der Waals surface area contributed by atoms with Gasteiger partial charge < -0.3 is 39.6 Å². The minimum atomic E-state index is -1.49. The van der Waals surface area contributed by atoms with E-state index in [1.54, 1.807) is 0 Å². The number of carboxylic acid groups (broad SMARTS) is 4. The summed E-state index contributed by atoms with van der Waals surface area (Å²) in [5.74, 6) is -5.97. The van der Waals surface area contributed by atoms with Crippen molar-refractivity contribution in [2.24, 2.45) is 0 Å². The molecule has 1 aliphatic carbocycles. The van der Waals surface area contributed by atoms with Crippen LogP contribution in [-0.2, 0) is 19.2 Å². The minimum Gasteiger partial charge on any atom is -0.549 e. The average molecular weight is 499 g/mol. The molecule has 0 saturated heterocycles. The van der Waals surface area contributed by atoms with Crippen molar-refractivity contribution in [3.63, 3.8) is 0 Å². The van der Waals surface area contributed by atoms with Gasteiger partial charge in [-0.1, -0.05) is 12.8 Å². The van der Waals surface area contributed by atoms with Gasteiger partial charge in [-0.2, -0.15) is 0 Å². The number of aliphatic carboxylic acids is 4. The van der Waals surface area contributed by atoms with Gasteiger partial charge in [0.1, 0.15) is 0 Å². The van der Waals surface area contributed by atoms with Gasteiger partial charge in [0.15, 0.2) is 0 Å². The summed E-state index contributed by atoms with van der Waals surface area (Å²) in [5.41, 5.74) is 0. The second-order valence-electron chi connectivity index (χ2n) is 5.72. The van der Waals surface area contributed by atoms with Crippen molar-refractivity contribution in [2.75, 3.05) is 26.2 Å². The molecule has 1 rings (SSSR count). The van der Waals surface area contributed by atoms with E-state index in [1.165, 1.54) is 0 Å². The molecule has 1 fully saturated rings. The SMILES string of the molecule is O=C([O-])CN(CC(=O)[O-])C1CCCCC1N(CC(=O)[O-])CC(=O)[O-].[K+].[K+].[K+].[K+]. The topological polar surface area (TPSA) is 167 Å². The summed E-state index contributed by atoms with van der Waals surface area (Å²) in [7, 11) is 0. The van der Waals surface area contributed by atoms with Crippen LogP contribution in [0.4, 0.5) is 0 Å². The van der Waals surface area contributed by atoms with Crippen molar-refractivity contribution < 1.29 is 245 Å².